The predicted molar refractivity (Wildman–Crippen MR) is 86.3 cm³/mol. The molecule has 0 N–H and O–H groups in total. The molecule has 0 saturated heterocycles. The Hall–Kier alpha value is -1.90. The van der Waals surface area contributed by atoms with Crippen LogP contribution in [0, 0.1) is 5.41 Å². The zero-order valence-electron chi connectivity index (χ0n) is 14.2. The maximum Gasteiger partial charge on any atom is 0.394 e. The molecule has 2 aromatic rings. The van der Waals surface area contributed by atoms with Crippen molar-refractivity contribution < 1.29 is 26.7 Å². The van der Waals surface area contributed by atoms with Gasteiger partial charge in [0.2, 0.25) is 0 Å². The molecule has 0 aliphatic rings. The Morgan fingerprint density at radius 1 is 1.23 bits per heavy atom. The molecule has 2 rings (SSSR count). The monoisotopic (exact) mass is 397 g/mol. The van der Waals surface area contributed by atoms with Gasteiger partial charge in [0.15, 0.2) is 0 Å². The van der Waals surface area contributed by atoms with Gasteiger partial charge >= 0.3 is 12.8 Å². The standard InChI is InChI=1S/C16H17ClF5N3O/c1-4-25-13(11(17)8-24-25)10-7-23-9(5-12(10)26-14(18)19)6-15(2,3)16(20,21)22/h5,7-8,14H,4,6H2,1-3H3. The first kappa shape index (κ1) is 20.4. The van der Waals surface area contributed by atoms with Gasteiger partial charge in [0.05, 0.1) is 27.9 Å². The van der Waals surface area contributed by atoms with Crippen LogP contribution in [0.1, 0.15) is 26.5 Å². The SMILES string of the molecule is CCn1ncc(Cl)c1-c1cnc(CC(C)(C)C(F)(F)F)cc1OC(F)F. The average molecular weight is 398 g/mol. The molecule has 144 valence electrons. The Balaban J connectivity index is 2.50. The third-order valence-electron chi connectivity index (χ3n) is 3.88. The second kappa shape index (κ2) is 7.38. The number of aromatic nitrogens is 3. The van der Waals surface area contributed by atoms with E-state index in [1.807, 2.05) is 0 Å². The average Bonchev–Trinajstić information content (AvgIpc) is 2.86. The Kier molecular flexibility index (Phi) is 5.79. The molecule has 0 aromatic carbocycles. The fourth-order valence-corrected chi connectivity index (χ4v) is 2.61. The molecular formula is C16H17ClF5N3O. The largest absolute Gasteiger partial charge is 0.434 e. The van der Waals surface area contributed by atoms with Crippen LogP contribution < -0.4 is 4.74 Å². The molecule has 0 fully saturated rings. The minimum Gasteiger partial charge on any atom is -0.434 e. The summed E-state index contributed by atoms with van der Waals surface area (Å²) in [6.07, 6.45) is -2.44. The van der Waals surface area contributed by atoms with Crippen LogP contribution in [0.2, 0.25) is 5.02 Å². The lowest BCUT2D eigenvalue weighted by atomic mass is 9.86. The lowest BCUT2D eigenvalue weighted by Crippen LogP contribution is -2.34. The summed E-state index contributed by atoms with van der Waals surface area (Å²) in [4.78, 5) is 3.99. The molecule has 0 atom stereocenters. The first-order valence-corrected chi connectivity index (χ1v) is 8.06. The van der Waals surface area contributed by atoms with Gasteiger partial charge in [-0.05, 0) is 6.92 Å². The van der Waals surface area contributed by atoms with Crippen LogP contribution in [0.4, 0.5) is 22.0 Å². The number of pyridine rings is 1. The Labute approximate surface area is 151 Å². The summed E-state index contributed by atoms with van der Waals surface area (Å²) in [7, 11) is 0. The van der Waals surface area contributed by atoms with E-state index in [1.165, 1.54) is 17.1 Å². The van der Waals surface area contributed by atoms with Crippen molar-refractivity contribution in [2.75, 3.05) is 0 Å². The lowest BCUT2D eigenvalue weighted by Gasteiger charge is -2.27. The van der Waals surface area contributed by atoms with Crippen LogP contribution in [-0.4, -0.2) is 27.6 Å². The summed E-state index contributed by atoms with van der Waals surface area (Å²) in [5.74, 6) is -0.305. The highest BCUT2D eigenvalue weighted by Crippen LogP contribution is 2.41. The van der Waals surface area contributed by atoms with Gasteiger partial charge in [-0.15, -0.1) is 0 Å². The molecule has 4 nitrogen and oxygen atoms in total. The number of halogens is 6. The molecule has 0 bridgehead atoms. The first-order chi connectivity index (χ1) is 12.0. The number of ether oxygens (including phenoxy) is 1. The van der Waals surface area contributed by atoms with Gasteiger partial charge in [-0.3, -0.25) is 9.67 Å². The Morgan fingerprint density at radius 3 is 2.42 bits per heavy atom. The number of alkyl halides is 5. The molecule has 0 aliphatic carbocycles. The topological polar surface area (TPSA) is 39.9 Å². The molecule has 0 saturated carbocycles. The van der Waals surface area contributed by atoms with E-state index in [-0.39, 0.29) is 22.0 Å². The van der Waals surface area contributed by atoms with Crippen molar-refractivity contribution in [3.8, 4) is 17.0 Å². The number of aryl methyl sites for hydroxylation is 1. The van der Waals surface area contributed by atoms with E-state index in [4.69, 9.17) is 11.6 Å². The summed E-state index contributed by atoms with van der Waals surface area (Å²) >= 11 is 6.07. The van der Waals surface area contributed by atoms with Crippen LogP contribution in [0.15, 0.2) is 18.5 Å². The van der Waals surface area contributed by atoms with Crippen LogP contribution in [0.25, 0.3) is 11.3 Å². The predicted octanol–water partition coefficient (Wildman–Crippen LogP) is 5.35. The van der Waals surface area contributed by atoms with E-state index in [0.29, 0.717) is 12.2 Å². The minimum atomic E-state index is -4.47. The van der Waals surface area contributed by atoms with Gasteiger partial charge in [0.1, 0.15) is 5.75 Å². The van der Waals surface area contributed by atoms with Crippen LogP contribution >= 0.6 is 11.6 Å². The van der Waals surface area contributed by atoms with E-state index in [0.717, 1.165) is 19.9 Å². The molecule has 10 heteroatoms. The van der Waals surface area contributed by atoms with Crippen molar-refractivity contribution in [1.29, 1.82) is 0 Å². The highest BCUT2D eigenvalue weighted by atomic mass is 35.5. The maximum atomic E-state index is 13.1. The van der Waals surface area contributed by atoms with E-state index in [1.54, 1.807) is 6.92 Å². The molecule has 0 radical (unpaired) electrons. The lowest BCUT2D eigenvalue weighted by molar-refractivity contribution is -0.211. The van der Waals surface area contributed by atoms with Crippen LogP contribution in [0.3, 0.4) is 0 Å². The minimum absolute atomic E-state index is 0.0228. The van der Waals surface area contributed by atoms with Crippen molar-refractivity contribution in [3.63, 3.8) is 0 Å². The first-order valence-electron chi connectivity index (χ1n) is 7.68. The number of hydrogen-bond acceptors (Lipinski definition) is 3. The van der Waals surface area contributed by atoms with E-state index in [2.05, 4.69) is 14.8 Å². The van der Waals surface area contributed by atoms with Crippen LogP contribution in [-0.2, 0) is 13.0 Å². The zero-order chi connectivity index (χ0) is 19.7. The van der Waals surface area contributed by atoms with Gasteiger partial charge < -0.3 is 4.74 Å². The smallest absolute Gasteiger partial charge is 0.394 e. The third-order valence-corrected chi connectivity index (χ3v) is 4.16. The number of rotatable bonds is 6. The number of nitrogens with zero attached hydrogens (tertiary/aromatic N) is 3. The molecule has 0 aliphatic heterocycles. The van der Waals surface area contributed by atoms with Crippen molar-refractivity contribution in [3.05, 3.63) is 29.2 Å². The van der Waals surface area contributed by atoms with Gasteiger partial charge in [0, 0.05) is 30.9 Å². The van der Waals surface area contributed by atoms with Crippen LogP contribution in [0.5, 0.6) is 5.75 Å². The summed E-state index contributed by atoms with van der Waals surface area (Å²) in [5.41, 5.74) is -1.67. The van der Waals surface area contributed by atoms with Gasteiger partial charge in [-0.25, -0.2) is 0 Å². The van der Waals surface area contributed by atoms with E-state index < -0.39 is 24.6 Å². The third kappa shape index (κ3) is 4.25. The zero-order valence-corrected chi connectivity index (χ0v) is 15.0. The van der Waals surface area contributed by atoms with Crippen molar-refractivity contribution in [2.45, 2.75) is 46.5 Å². The summed E-state index contributed by atoms with van der Waals surface area (Å²) in [5, 5.41) is 4.20. The van der Waals surface area contributed by atoms with Crippen molar-refractivity contribution in [1.82, 2.24) is 14.8 Å². The highest BCUT2D eigenvalue weighted by Gasteiger charge is 2.47. The summed E-state index contributed by atoms with van der Waals surface area (Å²) in [6.45, 7) is 1.04. The molecule has 0 amide bonds. The van der Waals surface area contributed by atoms with Gasteiger partial charge in [0.25, 0.3) is 0 Å². The maximum absolute atomic E-state index is 13.1. The molecule has 0 unspecified atom stereocenters. The molecule has 0 spiro atoms. The second-order valence-corrected chi connectivity index (χ2v) is 6.67. The quantitative estimate of drug-likeness (QED) is 0.617. The van der Waals surface area contributed by atoms with E-state index >= 15 is 0 Å². The van der Waals surface area contributed by atoms with Gasteiger partial charge in [-0.2, -0.15) is 27.1 Å². The Bertz CT molecular complexity index is 774. The fraction of sp³-hybridized carbons (Fsp3) is 0.500. The van der Waals surface area contributed by atoms with E-state index in [9.17, 15) is 22.0 Å². The van der Waals surface area contributed by atoms with Crippen molar-refractivity contribution >= 4 is 11.6 Å². The molecule has 2 heterocycles. The summed E-state index contributed by atoms with van der Waals surface area (Å²) in [6, 6.07) is 1.08. The fourth-order valence-electron chi connectivity index (χ4n) is 2.37. The second-order valence-electron chi connectivity index (χ2n) is 6.27. The van der Waals surface area contributed by atoms with Gasteiger partial charge in [-0.1, -0.05) is 25.4 Å². The molecule has 2 aromatic heterocycles. The molecular weight excluding hydrogens is 381 g/mol. The summed E-state index contributed by atoms with van der Waals surface area (Å²) < 4.78 is 70.8. The number of hydrogen-bond donors (Lipinski definition) is 0. The Morgan fingerprint density at radius 2 is 1.88 bits per heavy atom. The normalized spacial score (nSPS) is 12.7. The highest BCUT2D eigenvalue weighted by molar-refractivity contribution is 6.33. The van der Waals surface area contributed by atoms with Crippen molar-refractivity contribution in [2.24, 2.45) is 5.41 Å². The molecule has 26 heavy (non-hydrogen) atoms.